The first kappa shape index (κ1) is 15.1. The molecule has 1 aliphatic rings. The normalized spacial score (nSPS) is 18.3. The second kappa shape index (κ2) is 7.50. The van der Waals surface area contributed by atoms with Crippen molar-refractivity contribution in [3.8, 4) is 0 Å². The van der Waals surface area contributed by atoms with Gasteiger partial charge in [0.15, 0.2) is 0 Å². The van der Waals surface area contributed by atoms with Crippen LogP contribution in [0.25, 0.3) is 0 Å². The minimum atomic E-state index is 0.0125. The fourth-order valence-corrected chi connectivity index (χ4v) is 2.68. The minimum absolute atomic E-state index is 0.0125. The van der Waals surface area contributed by atoms with E-state index in [1.54, 1.807) is 7.11 Å². The van der Waals surface area contributed by atoms with E-state index in [0.29, 0.717) is 13.2 Å². The smallest absolute Gasteiger partial charge is 0.317 e. The summed E-state index contributed by atoms with van der Waals surface area (Å²) in [6.07, 6.45) is 2.88. The van der Waals surface area contributed by atoms with Crippen LogP contribution in [0.1, 0.15) is 30.9 Å². The predicted molar refractivity (Wildman–Crippen MR) is 80.0 cm³/mol. The van der Waals surface area contributed by atoms with E-state index in [1.807, 2.05) is 29.2 Å². The lowest BCUT2D eigenvalue weighted by Crippen LogP contribution is -2.40. The molecular weight excluding hydrogens is 276 g/mol. The lowest BCUT2D eigenvalue weighted by atomic mass is 10.1. The fourth-order valence-electron chi connectivity index (χ4n) is 2.55. The van der Waals surface area contributed by atoms with Gasteiger partial charge in [-0.25, -0.2) is 4.79 Å². The van der Waals surface area contributed by atoms with Crippen molar-refractivity contribution in [2.45, 2.75) is 25.3 Å². The van der Waals surface area contributed by atoms with Crippen molar-refractivity contribution >= 4 is 17.6 Å². The molecule has 2 rings (SSSR count). The Labute approximate surface area is 125 Å². The van der Waals surface area contributed by atoms with Crippen molar-refractivity contribution in [2.75, 3.05) is 26.8 Å². The van der Waals surface area contributed by atoms with E-state index in [1.165, 1.54) is 0 Å². The molecule has 1 aliphatic heterocycles. The number of halogens is 1. The number of nitrogens with one attached hydrogen (secondary N) is 1. The molecule has 1 aromatic carbocycles. The topological polar surface area (TPSA) is 41.6 Å². The minimum Gasteiger partial charge on any atom is -0.385 e. The Kier molecular flexibility index (Phi) is 5.68. The van der Waals surface area contributed by atoms with Gasteiger partial charge in [0.25, 0.3) is 0 Å². The summed E-state index contributed by atoms with van der Waals surface area (Å²) in [5.41, 5.74) is 1.15. The van der Waals surface area contributed by atoms with Crippen molar-refractivity contribution in [2.24, 2.45) is 0 Å². The molecule has 1 N–H and O–H groups in total. The summed E-state index contributed by atoms with van der Waals surface area (Å²) in [6.45, 7) is 2.13. The first-order chi connectivity index (χ1) is 9.72. The van der Waals surface area contributed by atoms with Crippen LogP contribution in [0.2, 0.25) is 5.02 Å². The standard InChI is InChI=1S/C15H21ClN2O2/c1-20-11-3-9-17-15(19)18-10-2-4-14(18)12-5-7-13(16)8-6-12/h5-8,14H,2-4,9-11H2,1H3,(H,17,19)/t14-/m0/s1. The molecule has 20 heavy (non-hydrogen) atoms. The van der Waals surface area contributed by atoms with Crippen molar-refractivity contribution in [1.82, 2.24) is 10.2 Å². The Balaban J connectivity index is 1.93. The number of carbonyl (C=O) groups is 1. The summed E-state index contributed by atoms with van der Waals surface area (Å²) in [4.78, 5) is 14.1. The van der Waals surface area contributed by atoms with Gasteiger partial charge in [-0.05, 0) is 37.0 Å². The molecule has 0 bridgehead atoms. The highest BCUT2D eigenvalue weighted by Crippen LogP contribution is 2.32. The number of rotatable bonds is 5. The molecule has 0 aromatic heterocycles. The second-order valence-electron chi connectivity index (χ2n) is 4.98. The zero-order chi connectivity index (χ0) is 14.4. The predicted octanol–water partition coefficient (Wildman–Crippen LogP) is 3.22. The second-order valence-corrected chi connectivity index (χ2v) is 5.42. The van der Waals surface area contributed by atoms with E-state index in [2.05, 4.69) is 5.32 Å². The number of carbonyl (C=O) groups excluding carboxylic acids is 1. The number of ether oxygens (including phenoxy) is 1. The van der Waals surface area contributed by atoms with E-state index in [9.17, 15) is 4.79 Å². The molecular formula is C15H21ClN2O2. The van der Waals surface area contributed by atoms with Crippen LogP contribution in [0.5, 0.6) is 0 Å². The van der Waals surface area contributed by atoms with Crippen LogP contribution in [-0.4, -0.2) is 37.7 Å². The molecule has 110 valence electrons. The molecule has 4 nitrogen and oxygen atoms in total. The van der Waals surface area contributed by atoms with Gasteiger partial charge >= 0.3 is 6.03 Å². The molecule has 0 aliphatic carbocycles. The molecule has 0 saturated carbocycles. The van der Waals surface area contributed by atoms with Crippen molar-refractivity contribution in [1.29, 1.82) is 0 Å². The maximum absolute atomic E-state index is 12.2. The third-order valence-electron chi connectivity index (χ3n) is 3.57. The van der Waals surface area contributed by atoms with Gasteiger partial charge in [-0.2, -0.15) is 0 Å². The van der Waals surface area contributed by atoms with Crippen LogP contribution in [0.4, 0.5) is 4.79 Å². The average Bonchev–Trinajstić information content (AvgIpc) is 2.93. The van der Waals surface area contributed by atoms with Crippen LogP contribution in [0, 0.1) is 0 Å². The zero-order valence-electron chi connectivity index (χ0n) is 11.8. The molecule has 1 aromatic rings. The van der Waals surface area contributed by atoms with Gasteiger partial charge in [0, 0.05) is 31.8 Å². The third-order valence-corrected chi connectivity index (χ3v) is 3.82. The Bertz CT molecular complexity index is 436. The van der Waals surface area contributed by atoms with Gasteiger partial charge < -0.3 is 15.0 Å². The van der Waals surface area contributed by atoms with Crippen LogP contribution in [-0.2, 0) is 4.74 Å². The molecule has 5 heteroatoms. The van der Waals surface area contributed by atoms with Gasteiger partial charge in [-0.3, -0.25) is 0 Å². The SMILES string of the molecule is COCCCNC(=O)N1CCC[C@H]1c1ccc(Cl)cc1. The highest BCUT2D eigenvalue weighted by Gasteiger charge is 2.29. The number of likely N-dealkylation sites (tertiary alicyclic amines) is 1. The van der Waals surface area contributed by atoms with E-state index in [-0.39, 0.29) is 12.1 Å². The van der Waals surface area contributed by atoms with Crippen molar-refractivity contribution < 1.29 is 9.53 Å². The summed E-state index contributed by atoms with van der Waals surface area (Å²) < 4.78 is 4.97. The number of benzene rings is 1. The maximum atomic E-state index is 12.2. The summed E-state index contributed by atoms with van der Waals surface area (Å²) in [7, 11) is 1.67. The van der Waals surface area contributed by atoms with Crippen LogP contribution >= 0.6 is 11.6 Å². The first-order valence-electron chi connectivity index (χ1n) is 7.01. The van der Waals surface area contributed by atoms with E-state index < -0.39 is 0 Å². The average molecular weight is 297 g/mol. The Morgan fingerprint density at radius 1 is 1.45 bits per heavy atom. The third kappa shape index (κ3) is 3.87. The lowest BCUT2D eigenvalue weighted by Gasteiger charge is -2.25. The van der Waals surface area contributed by atoms with Gasteiger partial charge in [0.05, 0.1) is 6.04 Å². The number of urea groups is 1. The van der Waals surface area contributed by atoms with Crippen molar-refractivity contribution in [3.05, 3.63) is 34.9 Å². The molecule has 0 unspecified atom stereocenters. The van der Waals surface area contributed by atoms with E-state index >= 15 is 0 Å². The van der Waals surface area contributed by atoms with Crippen molar-refractivity contribution in [3.63, 3.8) is 0 Å². The number of hydrogen-bond acceptors (Lipinski definition) is 2. The lowest BCUT2D eigenvalue weighted by molar-refractivity contribution is 0.182. The van der Waals surface area contributed by atoms with Gasteiger partial charge in [-0.15, -0.1) is 0 Å². The van der Waals surface area contributed by atoms with E-state index in [4.69, 9.17) is 16.3 Å². The molecule has 0 spiro atoms. The highest BCUT2D eigenvalue weighted by atomic mass is 35.5. The number of methoxy groups -OCH3 is 1. The maximum Gasteiger partial charge on any atom is 0.317 e. The molecule has 1 atom stereocenters. The number of hydrogen-bond donors (Lipinski definition) is 1. The molecule has 1 saturated heterocycles. The zero-order valence-corrected chi connectivity index (χ0v) is 12.5. The summed E-state index contributed by atoms with van der Waals surface area (Å²) in [5.74, 6) is 0. The van der Waals surface area contributed by atoms with Gasteiger partial charge in [0.1, 0.15) is 0 Å². The summed E-state index contributed by atoms with van der Waals surface area (Å²) >= 11 is 5.91. The monoisotopic (exact) mass is 296 g/mol. The Morgan fingerprint density at radius 3 is 2.90 bits per heavy atom. The molecule has 1 heterocycles. The largest absolute Gasteiger partial charge is 0.385 e. The fraction of sp³-hybridized carbons (Fsp3) is 0.533. The molecule has 2 amide bonds. The van der Waals surface area contributed by atoms with Crippen LogP contribution in [0.3, 0.4) is 0 Å². The van der Waals surface area contributed by atoms with E-state index in [0.717, 1.165) is 36.4 Å². The molecule has 1 fully saturated rings. The van der Waals surface area contributed by atoms with Crippen LogP contribution < -0.4 is 5.32 Å². The first-order valence-corrected chi connectivity index (χ1v) is 7.39. The summed E-state index contributed by atoms with van der Waals surface area (Å²) in [5, 5.41) is 3.68. The molecule has 0 radical (unpaired) electrons. The number of amides is 2. The van der Waals surface area contributed by atoms with Gasteiger partial charge in [0.2, 0.25) is 0 Å². The Morgan fingerprint density at radius 2 is 2.20 bits per heavy atom. The highest BCUT2D eigenvalue weighted by molar-refractivity contribution is 6.30. The quantitative estimate of drug-likeness (QED) is 0.848. The van der Waals surface area contributed by atoms with Gasteiger partial charge in [-0.1, -0.05) is 23.7 Å². The summed E-state index contributed by atoms with van der Waals surface area (Å²) in [6, 6.07) is 7.94. The number of nitrogens with zero attached hydrogens (tertiary/aromatic N) is 1. The van der Waals surface area contributed by atoms with Crippen LogP contribution in [0.15, 0.2) is 24.3 Å². The Hall–Kier alpha value is -1.26.